The highest BCUT2D eigenvalue weighted by Gasteiger charge is 2.26. The van der Waals surface area contributed by atoms with E-state index in [0.717, 1.165) is 24.8 Å². The Morgan fingerprint density at radius 1 is 1.41 bits per heavy atom. The molecule has 0 saturated heterocycles. The molecule has 1 amide bonds. The van der Waals surface area contributed by atoms with E-state index in [4.69, 9.17) is 11.6 Å². The normalized spacial score (nSPS) is 25.6. The number of carbonyl (C=O) groups excluding carboxylic acids is 1. The topological polar surface area (TPSA) is 29.1 Å². The SMILES string of the molecule is CC1CCCC(CCNC(=O)C(C)(C)CCl)C1. The lowest BCUT2D eigenvalue weighted by molar-refractivity contribution is -0.128. The Hall–Kier alpha value is -0.240. The molecule has 100 valence electrons. The number of hydrogen-bond donors (Lipinski definition) is 1. The van der Waals surface area contributed by atoms with Crippen LogP contribution in [-0.2, 0) is 4.79 Å². The van der Waals surface area contributed by atoms with Gasteiger partial charge in [0.2, 0.25) is 5.91 Å². The van der Waals surface area contributed by atoms with E-state index in [1.54, 1.807) is 0 Å². The largest absolute Gasteiger partial charge is 0.356 e. The van der Waals surface area contributed by atoms with Crippen LogP contribution in [0, 0.1) is 17.3 Å². The second-order valence-corrected chi connectivity index (χ2v) is 6.47. The van der Waals surface area contributed by atoms with Crippen molar-refractivity contribution < 1.29 is 4.79 Å². The van der Waals surface area contributed by atoms with Crippen molar-refractivity contribution in [2.24, 2.45) is 17.3 Å². The summed E-state index contributed by atoms with van der Waals surface area (Å²) in [6.07, 6.45) is 6.51. The first-order chi connectivity index (χ1) is 7.95. The zero-order valence-electron chi connectivity index (χ0n) is 11.4. The van der Waals surface area contributed by atoms with Crippen LogP contribution in [0.15, 0.2) is 0 Å². The van der Waals surface area contributed by atoms with Gasteiger partial charge >= 0.3 is 0 Å². The Labute approximate surface area is 110 Å². The summed E-state index contributed by atoms with van der Waals surface area (Å²) >= 11 is 5.77. The third kappa shape index (κ3) is 4.87. The molecule has 1 N–H and O–H groups in total. The van der Waals surface area contributed by atoms with Crippen molar-refractivity contribution in [2.75, 3.05) is 12.4 Å². The Kier molecular flexibility index (Phi) is 5.78. The van der Waals surface area contributed by atoms with E-state index < -0.39 is 5.41 Å². The van der Waals surface area contributed by atoms with E-state index in [9.17, 15) is 4.79 Å². The minimum atomic E-state index is -0.443. The molecule has 0 aromatic heterocycles. The Bertz CT molecular complexity index is 253. The van der Waals surface area contributed by atoms with E-state index in [-0.39, 0.29) is 5.91 Å². The summed E-state index contributed by atoms with van der Waals surface area (Å²) in [5.74, 6) is 2.12. The molecule has 0 aromatic rings. The lowest BCUT2D eigenvalue weighted by atomic mass is 9.81. The smallest absolute Gasteiger partial charge is 0.226 e. The second-order valence-electron chi connectivity index (χ2n) is 6.20. The minimum absolute atomic E-state index is 0.0800. The van der Waals surface area contributed by atoms with E-state index in [2.05, 4.69) is 12.2 Å². The zero-order valence-corrected chi connectivity index (χ0v) is 12.1. The molecule has 2 nitrogen and oxygen atoms in total. The summed E-state index contributed by atoms with van der Waals surface area (Å²) in [6.45, 7) is 6.91. The van der Waals surface area contributed by atoms with Crippen LogP contribution in [0.1, 0.15) is 52.9 Å². The minimum Gasteiger partial charge on any atom is -0.356 e. The fourth-order valence-corrected chi connectivity index (χ4v) is 2.63. The van der Waals surface area contributed by atoms with Gasteiger partial charge in [0.1, 0.15) is 0 Å². The van der Waals surface area contributed by atoms with Gasteiger partial charge in [0.25, 0.3) is 0 Å². The summed E-state index contributed by atoms with van der Waals surface area (Å²) in [4.78, 5) is 11.8. The molecule has 1 fully saturated rings. The maximum absolute atomic E-state index is 11.8. The van der Waals surface area contributed by atoms with Crippen LogP contribution in [0.4, 0.5) is 0 Å². The predicted octanol–water partition coefficient (Wildman–Crippen LogP) is 3.58. The molecule has 17 heavy (non-hydrogen) atoms. The molecule has 1 rings (SSSR count). The maximum atomic E-state index is 11.8. The third-order valence-corrected chi connectivity index (χ3v) is 4.50. The number of alkyl halides is 1. The van der Waals surface area contributed by atoms with Crippen molar-refractivity contribution in [1.29, 1.82) is 0 Å². The molecule has 2 atom stereocenters. The summed E-state index contributed by atoms with van der Waals surface area (Å²) in [6, 6.07) is 0. The van der Waals surface area contributed by atoms with Crippen LogP contribution in [0.3, 0.4) is 0 Å². The fourth-order valence-electron chi connectivity index (χ4n) is 2.51. The Morgan fingerprint density at radius 3 is 2.71 bits per heavy atom. The van der Waals surface area contributed by atoms with Crippen molar-refractivity contribution in [1.82, 2.24) is 5.32 Å². The van der Waals surface area contributed by atoms with Gasteiger partial charge in [-0.15, -0.1) is 11.6 Å². The van der Waals surface area contributed by atoms with Crippen molar-refractivity contribution in [3.63, 3.8) is 0 Å². The number of halogens is 1. The summed E-state index contributed by atoms with van der Waals surface area (Å²) in [7, 11) is 0. The number of rotatable bonds is 5. The van der Waals surface area contributed by atoms with Crippen LogP contribution in [0.2, 0.25) is 0 Å². The lowest BCUT2D eigenvalue weighted by Gasteiger charge is -2.27. The molecule has 3 heteroatoms. The predicted molar refractivity (Wildman–Crippen MR) is 73.2 cm³/mol. The molecule has 1 saturated carbocycles. The van der Waals surface area contributed by atoms with Gasteiger partial charge in [0, 0.05) is 12.4 Å². The van der Waals surface area contributed by atoms with Gasteiger partial charge in [-0.3, -0.25) is 4.79 Å². The van der Waals surface area contributed by atoms with Crippen molar-refractivity contribution in [2.45, 2.75) is 52.9 Å². The highest BCUT2D eigenvalue weighted by molar-refractivity contribution is 6.19. The third-order valence-electron chi connectivity index (χ3n) is 3.83. The van der Waals surface area contributed by atoms with Gasteiger partial charge in [0.05, 0.1) is 5.41 Å². The first-order valence-electron chi connectivity index (χ1n) is 6.80. The van der Waals surface area contributed by atoms with Crippen LogP contribution in [0.25, 0.3) is 0 Å². The summed E-state index contributed by atoms with van der Waals surface area (Å²) in [5, 5.41) is 3.01. The van der Waals surface area contributed by atoms with Gasteiger partial charge in [0.15, 0.2) is 0 Å². The lowest BCUT2D eigenvalue weighted by Crippen LogP contribution is -2.39. The molecule has 2 unspecified atom stereocenters. The average Bonchev–Trinajstić information content (AvgIpc) is 2.29. The summed E-state index contributed by atoms with van der Waals surface area (Å²) in [5.41, 5.74) is -0.443. The second kappa shape index (κ2) is 6.63. The molecule has 0 aliphatic heterocycles. The maximum Gasteiger partial charge on any atom is 0.226 e. The van der Waals surface area contributed by atoms with E-state index >= 15 is 0 Å². The van der Waals surface area contributed by atoms with Gasteiger partial charge in [-0.1, -0.05) is 26.2 Å². The Morgan fingerprint density at radius 2 is 2.12 bits per heavy atom. The van der Waals surface area contributed by atoms with E-state index in [0.29, 0.717) is 5.88 Å². The summed E-state index contributed by atoms with van der Waals surface area (Å²) < 4.78 is 0. The van der Waals surface area contributed by atoms with Gasteiger partial charge < -0.3 is 5.32 Å². The first-order valence-corrected chi connectivity index (χ1v) is 7.33. The van der Waals surface area contributed by atoms with Gasteiger partial charge in [-0.05, 0) is 38.5 Å². The molecule has 0 aromatic carbocycles. The van der Waals surface area contributed by atoms with Crippen LogP contribution < -0.4 is 5.32 Å². The van der Waals surface area contributed by atoms with Crippen molar-refractivity contribution in [3.05, 3.63) is 0 Å². The van der Waals surface area contributed by atoms with Crippen molar-refractivity contribution >= 4 is 17.5 Å². The number of carbonyl (C=O) groups is 1. The standard InChI is InChI=1S/C14H26ClNO/c1-11-5-4-6-12(9-11)7-8-16-13(17)14(2,3)10-15/h11-12H,4-10H2,1-3H3,(H,16,17). The van der Waals surface area contributed by atoms with Gasteiger partial charge in [-0.2, -0.15) is 0 Å². The van der Waals surface area contributed by atoms with Crippen molar-refractivity contribution in [3.8, 4) is 0 Å². The fraction of sp³-hybridized carbons (Fsp3) is 0.929. The molecule has 0 heterocycles. The molecule has 0 bridgehead atoms. The quantitative estimate of drug-likeness (QED) is 0.752. The van der Waals surface area contributed by atoms with Crippen LogP contribution >= 0.6 is 11.6 Å². The number of nitrogens with one attached hydrogen (secondary N) is 1. The highest BCUT2D eigenvalue weighted by Crippen LogP contribution is 2.30. The molecule has 1 aliphatic carbocycles. The average molecular weight is 260 g/mol. The zero-order chi connectivity index (χ0) is 12.9. The van der Waals surface area contributed by atoms with Crippen LogP contribution in [-0.4, -0.2) is 18.3 Å². The molecular weight excluding hydrogens is 234 g/mol. The van der Waals surface area contributed by atoms with Gasteiger partial charge in [-0.25, -0.2) is 0 Å². The Balaban J connectivity index is 2.21. The molecule has 0 radical (unpaired) electrons. The molecule has 0 spiro atoms. The van der Waals surface area contributed by atoms with E-state index in [1.165, 1.54) is 25.7 Å². The molecular formula is C14H26ClNO. The highest BCUT2D eigenvalue weighted by atomic mass is 35.5. The van der Waals surface area contributed by atoms with E-state index in [1.807, 2.05) is 13.8 Å². The first kappa shape index (κ1) is 14.8. The van der Waals surface area contributed by atoms with Crippen LogP contribution in [0.5, 0.6) is 0 Å². The number of hydrogen-bond acceptors (Lipinski definition) is 1. The molecule has 1 aliphatic rings. The monoisotopic (exact) mass is 259 g/mol. The number of amides is 1.